The van der Waals surface area contributed by atoms with Gasteiger partial charge >= 0.3 is 5.97 Å². The SMILES string of the molecule is CCc1cc(OCc2cc(F)ccc2Cl)c(C(=O)O)s1. The molecule has 1 aromatic carbocycles. The first-order chi connectivity index (χ1) is 9.51. The molecule has 0 aliphatic rings. The Morgan fingerprint density at radius 3 is 2.85 bits per heavy atom. The Hall–Kier alpha value is -1.59. The third kappa shape index (κ3) is 3.29. The predicted molar refractivity (Wildman–Crippen MR) is 76.4 cm³/mol. The summed E-state index contributed by atoms with van der Waals surface area (Å²) in [5, 5.41) is 9.50. The van der Waals surface area contributed by atoms with Gasteiger partial charge in [-0.1, -0.05) is 18.5 Å². The molecule has 0 fully saturated rings. The topological polar surface area (TPSA) is 46.5 Å². The van der Waals surface area contributed by atoms with Crippen molar-refractivity contribution in [2.45, 2.75) is 20.0 Å². The number of hydrogen-bond donors (Lipinski definition) is 1. The predicted octanol–water partition coefficient (Wildman–Crippen LogP) is 4.38. The molecule has 1 aromatic heterocycles. The zero-order chi connectivity index (χ0) is 14.7. The average molecular weight is 315 g/mol. The molecule has 0 atom stereocenters. The van der Waals surface area contributed by atoms with E-state index in [0.717, 1.165) is 11.3 Å². The van der Waals surface area contributed by atoms with Gasteiger partial charge in [-0.25, -0.2) is 9.18 Å². The van der Waals surface area contributed by atoms with Gasteiger partial charge < -0.3 is 9.84 Å². The van der Waals surface area contributed by atoms with Crippen molar-refractivity contribution in [1.82, 2.24) is 0 Å². The second-order valence-corrected chi connectivity index (χ2v) is 5.63. The molecule has 6 heteroatoms. The highest BCUT2D eigenvalue weighted by Gasteiger charge is 2.16. The molecule has 3 nitrogen and oxygen atoms in total. The Morgan fingerprint density at radius 1 is 1.45 bits per heavy atom. The number of carbonyl (C=O) groups is 1. The summed E-state index contributed by atoms with van der Waals surface area (Å²) in [5.74, 6) is -1.15. The van der Waals surface area contributed by atoms with Gasteiger partial charge in [0.15, 0.2) is 4.88 Å². The quantitative estimate of drug-likeness (QED) is 0.890. The van der Waals surface area contributed by atoms with Crippen LogP contribution in [0.2, 0.25) is 5.02 Å². The number of carboxylic acid groups (broad SMARTS) is 1. The number of hydrogen-bond acceptors (Lipinski definition) is 3. The van der Waals surface area contributed by atoms with Crippen molar-refractivity contribution in [2.75, 3.05) is 0 Å². The largest absolute Gasteiger partial charge is 0.487 e. The molecule has 1 heterocycles. The minimum absolute atomic E-state index is 0.0246. The summed E-state index contributed by atoms with van der Waals surface area (Å²) in [6.07, 6.45) is 0.731. The normalized spacial score (nSPS) is 10.6. The Bertz CT molecular complexity index is 639. The van der Waals surface area contributed by atoms with Crippen LogP contribution < -0.4 is 4.74 Å². The minimum atomic E-state index is -1.03. The summed E-state index contributed by atoms with van der Waals surface area (Å²) >= 11 is 7.12. The molecule has 2 rings (SSSR count). The van der Waals surface area contributed by atoms with Gasteiger partial charge in [0.1, 0.15) is 18.2 Å². The van der Waals surface area contributed by atoms with Crippen molar-refractivity contribution in [1.29, 1.82) is 0 Å². The number of rotatable bonds is 5. The standard InChI is InChI=1S/C14H12ClFO3S/c1-2-10-6-12(13(20-10)14(17)18)19-7-8-5-9(16)3-4-11(8)15/h3-6H,2,7H2,1H3,(H,17,18). The lowest BCUT2D eigenvalue weighted by Gasteiger charge is -2.07. The fourth-order valence-corrected chi connectivity index (χ4v) is 2.71. The van der Waals surface area contributed by atoms with E-state index in [1.165, 1.54) is 29.5 Å². The fourth-order valence-electron chi connectivity index (χ4n) is 1.66. The maximum atomic E-state index is 13.1. The molecule has 2 aromatic rings. The zero-order valence-electron chi connectivity index (χ0n) is 10.7. The molecule has 20 heavy (non-hydrogen) atoms. The molecule has 0 aliphatic heterocycles. The van der Waals surface area contributed by atoms with E-state index in [2.05, 4.69) is 0 Å². The lowest BCUT2D eigenvalue weighted by Crippen LogP contribution is -2.01. The summed E-state index contributed by atoms with van der Waals surface area (Å²) in [6, 6.07) is 5.67. The number of aryl methyl sites for hydroxylation is 1. The third-order valence-corrected chi connectivity index (χ3v) is 4.30. The smallest absolute Gasteiger partial charge is 0.349 e. The average Bonchev–Trinajstić information content (AvgIpc) is 2.83. The van der Waals surface area contributed by atoms with E-state index >= 15 is 0 Å². The lowest BCUT2D eigenvalue weighted by molar-refractivity contribution is 0.0697. The number of carboxylic acids is 1. The number of ether oxygens (including phenoxy) is 1. The van der Waals surface area contributed by atoms with Crippen LogP contribution >= 0.6 is 22.9 Å². The van der Waals surface area contributed by atoms with Crippen LogP contribution in [0.25, 0.3) is 0 Å². The molecule has 106 valence electrons. The summed E-state index contributed by atoms with van der Waals surface area (Å²) in [7, 11) is 0. The van der Waals surface area contributed by atoms with Gasteiger partial charge in [-0.3, -0.25) is 0 Å². The van der Waals surface area contributed by atoms with E-state index in [-0.39, 0.29) is 11.5 Å². The maximum absolute atomic E-state index is 13.1. The van der Waals surface area contributed by atoms with Crippen molar-refractivity contribution in [3.05, 3.63) is 50.4 Å². The van der Waals surface area contributed by atoms with E-state index in [1.54, 1.807) is 6.07 Å². The zero-order valence-corrected chi connectivity index (χ0v) is 12.2. The summed E-state index contributed by atoms with van der Waals surface area (Å²) in [6.45, 7) is 1.96. The number of benzene rings is 1. The van der Waals surface area contributed by atoms with Gasteiger partial charge in [0.25, 0.3) is 0 Å². The Morgan fingerprint density at radius 2 is 2.20 bits per heavy atom. The van der Waals surface area contributed by atoms with Crippen LogP contribution in [0.15, 0.2) is 24.3 Å². The van der Waals surface area contributed by atoms with Gasteiger partial charge in [-0.2, -0.15) is 0 Å². The molecule has 0 unspecified atom stereocenters. The van der Waals surface area contributed by atoms with Crippen molar-refractivity contribution in [3.8, 4) is 5.75 Å². The third-order valence-electron chi connectivity index (χ3n) is 2.68. The van der Waals surface area contributed by atoms with E-state index in [0.29, 0.717) is 16.3 Å². The van der Waals surface area contributed by atoms with Crippen molar-refractivity contribution in [2.24, 2.45) is 0 Å². The molecule has 0 spiro atoms. The molecule has 0 radical (unpaired) electrons. The Balaban J connectivity index is 2.20. The molecule has 1 N–H and O–H groups in total. The van der Waals surface area contributed by atoms with Gasteiger partial charge in [0.2, 0.25) is 0 Å². The first-order valence-electron chi connectivity index (χ1n) is 5.94. The van der Waals surface area contributed by atoms with Gasteiger partial charge in [0.05, 0.1) is 0 Å². The minimum Gasteiger partial charge on any atom is -0.487 e. The number of thiophene rings is 1. The molecule has 0 saturated carbocycles. The summed E-state index contributed by atoms with van der Waals surface area (Å²) < 4.78 is 18.6. The van der Waals surface area contributed by atoms with Gasteiger partial charge in [-0.15, -0.1) is 11.3 Å². The lowest BCUT2D eigenvalue weighted by atomic mass is 10.2. The monoisotopic (exact) mass is 314 g/mol. The van der Waals surface area contributed by atoms with Gasteiger partial charge in [0, 0.05) is 15.5 Å². The number of halogens is 2. The molecule has 0 aliphatic carbocycles. The van der Waals surface area contributed by atoms with Crippen molar-refractivity contribution < 1.29 is 19.0 Å². The maximum Gasteiger partial charge on any atom is 0.349 e. The number of aromatic carboxylic acids is 1. The van der Waals surface area contributed by atoms with Crippen LogP contribution in [0.1, 0.15) is 27.0 Å². The summed E-state index contributed by atoms with van der Waals surface area (Å²) in [5.41, 5.74) is 0.479. The highest BCUT2D eigenvalue weighted by molar-refractivity contribution is 7.14. The molecule has 0 saturated heterocycles. The van der Waals surface area contributed by atoms with Crippen LogP contribution in [0.3, 0.4) is 0 Å². The molecule has 0 bridgehead atoms. The van der Waals surface area contributed by atoms with Crippen LogP contribution in [-0.4, -0.2) is 11.1 Å². The van der Waals surface area contributed by atoms with Gasteiger partial charge in [-0.05, 0) is 30.7 Å². The van der Waals surface area contributed by atoms with Crippen LogP contribution in [0.4, 0.5) is 4.39 Å². The Kier molecular flexibility index (Phi) is 4.62. The molecular formula is C14H12ClFO3S. The van der Waals surface area contributed by atoms with E-state index in [1.807, 2.05) is 6.92 Å². The molecule has 0 amide bonds. The van der Waals surface area contributed by atoms with E-state index in [4.69, 9.17) is 21.4 Å². The van der Waals surface area contributed by atoms with Crippen molar-refractivity contribution >= 4 is 28.9 Å². The fraction of sp³-hybridized carbons (Fsp3) is 0.214. The first kappa shape index (κ1) is 14.8. The van der Waals surface area contributed by atoms with E-state index in [9.17, 15) is 9.18 Å². The van der Waals surface area contributed by atoms with Crippen LogP contribution in [0.5, 0.6) is 5.75 Å². The molecular weight excluding hydrogens is 303 g/mol. The van der Waals surface area contributed by atoms with Crippen molar-refractivity contribution in [3.63, 3.8) is 0 Å². The highest BCUT2D eigenvalue weighted by atomic mass is 35.5. The van der Waals surface area contributed by atoms with Crippen LogP contribution in [-0.2, 0) is 13.0 Å². The summed E-state index contributed by atoms with van der Waals surface area (Å²) in [4.78, 5) is 12.2. The second kappa shape index (κ2) is 6.24. The van der Waals surface area contributed by atoms with Crippen LogP contribution in [0, 0.1) is 5.82 Å². The van der Waals surface area contributed by atoms with E-state index < -0.39 is 11.8 Å². The Labute approximate surface area is 124 Å². The second-order valence-electron chi connectivity index (χ2n) is 4.09. The first-order valence-corrected chi connectivity index (χ1v) is 7.13. The highest BCUT2D eigenvalue weighted by Crippen LogP contribution is 2.31.